The number of rotatable bonds is 1. The van der Waals surface area contributed by atoms with E-state index in [1.54, 1.807) is 0 Å². The first-order valence-corrected chi connectivity index (χ1v) is 5.75. The maximum atomic E-state index is 5.83. The molecule has 2 heteroatoms. The van der Waals surface area contributed by atoms with Crippen molar-refractivity contribution in [2.45, 2.75) is 58.0 Å². The predicted molar refractivity (Wildman–Crippen MR) is 57.8 cm³/mol. The van der Waals surface area contributed by atoms with Crippen LogP contribution in [0, 0.1) is 0 Å². The molecule has 0 aromatic rings. The monoisotopic (exact) mass is 184 g/mol. The van der Waals surface area contributed by atoms with E-state index in [2.05, 4.69) is 11.8 Å². The Morgan fingerprint density at radius 2 is 2.08 bits per heavy atom. The van der Waals surface area contributed by atoms with Crippen molar-refractivity contribution in [3.8, 4) is 0 Å². The van der Waals surface area contributed by atoms with Crippen LogP contribution < -0.4 is 5.73 Å². The van der Waals surface area contributed by atoms with Crippen LogP contribution in [0.15, 0.2) is 0 Å². The summed E-state index contributed by atoms with van der Waals surface area (Å²) < 4.78 is 0. The van der Waals surface area contributed by atoms with Gasteiger partial charge in [-0.25, -0.2) is 0 Å². The van der Waals surface area contributed by atoms with Crippen LogP contribution in [0.1, 0.15) is 46.5 Å². The average Bonchev–Trinajstić information content (AvgIpc) is 2.72. The third kappa shape index (κ3) is 1.75. The highest BCUT2D eigenvalue weighted by Gasteiger charge is 2.46. The Balaban J connectivity index is 0.000000396. The molecule has 2 rings (SSSR count). The third-order valence-electron chi connectivity index (χ3n) is 3.59. The van der Waals surface area contributed by atoms with E-state index in [0.717, 1.165) is 12.6 Å². The van der Waals surface area contributed by atoms with E-state index in [1.807, 2.05) is 13.8 Å². The summed E-state index contributed by atoms with van der Waals surface area (Å²) in [5, 5.41) is 0. The van der Waals surface area contributed by atoms with Gasteiger partial charge < -0.3 is 5.73 Å². The lowest BCUT2D eigenvalue weighted by molar-refractivity contribution is 0.165. The van der Waals surface area contributed by atoms with Crippen molar-refractivity contribution in [3.05, 3.63) is 0 Å². The molecule has 78 valence electrons. The Morgan fingerprint density at radius 1 is 1.38 bits per heavy atom. The zero-order valence-electron chi connectivity index (χ0n) is 9.34. The molecule has 2 aliphatic heterocycles. The second-order valence-corrected chi connectivity index (χ2v) is 4.11. The Kier molecular flexibility index (Phi) is 3.74. The zero-order chi connectivity index (χ0) is 9.90. The Morgan fingerprint density at radius 3 is 2.62 bits per heavy atom. The molecule has 2 saturated heterocycles. The van der Waals surface area contributed by atoms with E-state index >= 15 is 0 Å². The molecular formula is C11H24N2. The molecule has 0 amide bonds. The van der Waals surface area contributed by atoms with Gasteiger partial charge in [0.05, 0.1) is 0 Å². The standard InChI is InChI=1S/C9H18N2.C2H6/c1-8-3-5-9(7-10)4-2-6-11(8)9;1-2/h8H,2-7,10H2,1H3;1-2H3. The van der Waals surface area contributed by atoms with E-state index in [0.29, 0.717) is 5.54 Å². The fourth-order valence-electron chi connectivity index (χ4n) is 2.87. The fourth-order valence-corrected chi connectivity index (χ4v) is 2.87. The largest absolute Gasteiger partial charge is 0.329 e. The van der Waals surface area contributed by atoms with Gasteiger partial charge in [-0.2, -0.15) is 0 Å². The Labute approximate surface area is 82.5 Å². The van der Waals surface area contributed by atoms with E-state index in [1.165, 1.54) is 32.2 Å². The van der Waals surface area contributed by atoms with Gasteiger partial charge in [-0.15, -0.1) is 0 Å². The summed E-state index contributed by atoms with van der Waals surface area (Å²) in [4.78, 5) is 2.63. The number of hydrogen-bond donors (Lipinski definition) is 1. The molecule has 0 aliphatic carbocycles. The molecule has 2 atom stereocenters. The molecule has 0 aromatic heterocycles. The van der Waals surface area contributed by atoms with Gasteiger partial charge in [0.25, 0.3) is 0 Å². The van der Waals surface area contributed by atoms with Crippen LogP contribution in [0.2, 0.25) is 0 Å². The minimum atomic E-state index is 0.430. The van der Waals surface area contributed by atoms with Crippen molar-refractivity contribution in [2.75, 3.05) is 13.1 Å². The van der Waals surface area contributed by atoms with Crippen LogP contribution in [0.5, 0.6) is 0 Å². The summed E-state index contributed by atoms with van der Waals surface area (Å²) in [6.45, 7) is 8.50. The van der Waals surface area contributed by atoms with Crippen LogP contribution in [-0.2, 0) is 0 Å². The summed E-state index contributed by atoms with van der Waals surface area (Å²) in [5.74, 6) is 0. The number of nitrogens with two attached hydrogens (primary N) is 1. The normalized spacial score (nSPS) is 38.3. The predicted octanol–water partition coefficient (Wildman–Crippen LogP) is 1.99. The first-order valence-electron chi connectivity index (χ1n) is 5.75. The van der Waals surface area contributed by atoms with Gasteiger partial charge in [-0.3, -0.25) is 4.90 Å². The molecule has 2 nitrogen and oxygen atoms in total. The zero-order valence-corrected chi connectivity index (χ0v) is 9.34. The first-order chi connectivity index (χ1) is 6.28. The molecule has 13 heavy (non-hydrogen) atoms. The van der Waals surface area contributed by atoms with E-state index < -0.39 is 0 Å². The highest BCUT2D eigenvalue weighted by Crippen LogP contribution is 2.41. The lowest BCUT2D eigenvalue weighted by Crippen LogP contribution is -2.46. The van der Waals surface area contributed by atoms with Gasteiger partial charge in [-0.1, -0.05) is 13.8 Å². The lowest BCUT2D eigenvalue weighted by atomic mass is 9.94. The van der Waals surface area contributed by atoms with Gasteiger partial charge >= 0.3 is 0 Å². The molecular weight excluding hydrogens is 160 g/mol. The van der Waals surface area contributed by atoms with E-state index in [4.69, 9.17) is 5.73 Å². The van der Waals surface area contributed by atoms with Crippen molar-refractivity contribution in [1.29, 1.82) is 0 Å². The minimum Gasteiger partial charge on any atom is -0.329 e. The molecule has 0 saturated carbocycles. The van der Waals surface area contributed by atoms with Gasteiger partial charge in [0.15, 0.2) is 0 Å². The summed E-state index contributed by atoms with van der Waals surface area (Å²) in [6, 6.07) is 0.793. The van der Waals surface area contributed by atoms with Gasteiger partial charge in [0.1, 0.15) is 0 Å². The fraction of sp³-hybridized carbons (Fsp3) is 1.00. The van der Waals surface area contributed by atoms with Crippen molar-refractivity contribution in [2.24, 2.45) is 5.73 Å². The smallest absolute Gasteiger partial charge is 0.0335 e. The molecule has 2 heterocycles. The van der Waals surface area contributed by atoms with E-state index in [9.17, 15) is 0 Å². The average molecular weight is 184 g/mol. The van der Waals surface area contributed by atoms with Crippen molar-refractivity contribution < 1.29 is 0 Å². The highest BCUT2D eigenvalue weighted by atomic mass is 15.3. The summed E-state index contributed by atoms with van der Waals surface area (Å²) in [7, 11) is 0. The molecule has 0 spiro atoms. The lowest BCUT2D eigenvalue weighted by Gasteiger charge is -2.32. The molecule has 2 unspecified atom stereocenters. The maximum absolute atomic E-state index is 5.83. The molecule has 2 aliphatic rings. The quantitative estimate of drug-likeness (QED) is 0.675. The summed E-state index contributed by atoms with van der Waals surface area (Å²) in [5.41, 5.74) is 6.26. The number of hydrogen-bond acceptors (Lipinski definition) is 2. The maximum Gasteiger partial charge on any atom is 0.0335 e. The summed E-state index contributed by atoms with van der Waals surface area (Å²) in [6.07, 6.45) is 5.40. The minimum absolute atomic E-state index is 0.430. The van der Waals surface area contributed by atoms with E-state index in [-0.39, 0.29) is 0 Å². The second kappa shape index (κ2) is 4.43. The van der Waals surface area contributed by atoms with Crippen LogP contribution in [-0.4, -0.2) is 29.6 Å². The van der Waals surface area contributed by atoms with Crippen LogP contribution >= 0.6 is 0 Å². The van der Waals surface area contributed by atoms with Crippen molar-refractivity contribution in [1.82, 2.24) is 4.90 Å². The van der Waals surface area contributed by atoms with Crippen molar-refractivity contribution in [3.63, 3.8) is 0 Å². The van der Waals surface area contributed by atoms with Crippen LogP contribution in [0.25, 0.3) is 0 Å². The molecule has 0 aromatic carbocycles. The Bertz CT molecular complexity index is 158. The van der Waals surface area contributed by atoms with Gasteiger partial charge in [-0.05, 0) is 39.2 Å². The van der Waals surface area contributed by atoms with Crippen molar-refractivity contribution >= 4 is 0 Å². The number of fused-ring (bicyclic) bond motifs is 1. The second-order valence-electron chi connectivity index (χ2n) is 4.11. The van der Waals surface area contributed by atoms with Gasteiger partial charge in [0, 0.05) is 18.1 Å². The first kappa shape index (κ1) is 11.0. The molecule has 2 fully saturated rings. The molecule has 2 N–H and O–H groups in total. The number of nitrogens with zero attached hydrogens (tertiary/aromatic N) is 1. The van der Waals surface area contributed by atoms with Crippen LogP contribution in [0.3, 0.4) is 0 Å². The molecule has 0 radical (unpaired) electrons. The Hall–Kier alpha value is -0.0800. The summed E-state index contributed by atoms with van der Waals surface area (Å²) >= 11 is 0. The third-order valence-corrected chi connectivity index (χ3v) is 3.59. The SMILES string of the molecule is CC.CC1CCC2(CN)CCCN12. The topological polar surface area (TPSA) is 29.3 Å². The highest BCUT2D eigenvalue weighted by molar-refractivity contribution is 5.03. The van der Waals surface area contributed by atoms with Gasteiger partial charge in [0.2, 0.25) is 0 Å². The van der Waals surface area contributed by atoms with Crippen LogP contribution in [0.4, 0.5) is 0 Å². The molecule has 0 bridgehead atoms.